The van der Waals surface area contributed by atoms with Gasteiger partial charge in [-0.25, -0.2) is 0 Å². The molecule has 4 amide bonds. The molecule has 1 unspecified atom stereocenters. The zero-order chi connectivity index (χ0) is 40.4. The molecule has 1 atom stereocenters. The fourth-order valence-electron chi connectivity index (χ4n) is 8.29. The van der Waals surface area contributed by atoms with Crippen molar-refractivity contribution in [2.75, 3.05) is 72.8 Å². The zero-order valence-electron chi connectivity index (χ0n) is 32.6. The van der Waals surface area contributed by atoms with E-state index >= 15 is 0 Å². The van der Waals surface area contributed by atoms with Crippen molar-refractivity contribution in [1.82, 2.24) is 28.3 Å². The molecule has 4 aliphatic rings. The molecule has 1 spiro atoms. The minimum absolute atomic E-state index is 0.190. The summed E-state index contributed by atoms with van der Waals surface area (Å²) in [5.74, 6) is 1.10. The minimum atomic E-state index is -0.782. The Labute approximate surface area is 357 Å². The van der Waals surface area contributed by atoms with Crippen LogP contribution in [0.2, 0.25) is 5.02 Å². The number of carbonyl (C=O) groups is 4. The first kappa shape index (κ1) is 40.4. The topological polar surface area (TPSA) is 156 Å². The van der Waals surface area contributed by atoms with Crippen molar-refractivity contribution in [1.29, 1.82) is 0 Å². The second-order valence-corrected chi connectivity index (χ2v) is 19.7. The summed E-state index contributed by atoms with van der Waals surface area (Å²) in [5, 5.41) is 9.65. The number of benzene rings is 2. The number of amides is 4. The van der Waals surface area contributed by atoms with Crippen molar-refractivity contribution in [3.63, 3.8) is 0 Å². The van der Waals surface area contributed by atoms with Crippen LogP contribution in [0.15, 0.2) is 54.7 Å². The first-order valence-corrected chi connectivity index (χ1v) is 23.0. The van der Waals surface area contributed by atoms with E-state index in [1.807, 2.05) is 44.2 Å². The van der Waals surface area contributed by atoms with Crippen LogP contribution in [-0.4, -0.2) is 97.0 Å². The number of rotatable bonds is 9. The summed E-state index contributed by atoms with van der Waals surface area (Å²) in [6, 6.07) is 15.6. The van der Waals surface area contributed by atoms with Gasteiger partial charge < -0.3 is 5.32 Å². The number of nitrogens with one attached hydrogen (secondary N) is 3. The Balaban J connectivity index is 0.783. The van der Waals surface area contributed by atoms with Gasteiger partial charge in [-0.15, -0.1) is 0 Å². The number of hydrogen-bond acceptors (Lipinski definition) is 12. The van der Waals surface area contributed by atoms with Crippen molar-refractivity contribution >= 4 is 72.7 Å². The van der Waals surface area contributed by atoms with Crippen LogP contribution in [0.3, 0.4) is 0 Å². The van der Waals surface area contributed by atoms with E-state index < -0.39 is 21.5 Å². The molecule has 306 valence electrons. The standard InChI is InChI=1S/C41H47ClIN10O4S/c1-26-5-3-8-31(42)36(26)49-38(56)32-25-44-40(58-32)47-33-24-34(46-27(2)45-33)51-19-21-53(22-20-51)43-39(57)52-17-13-41(14-18-52)11-15-50(16-12-41)29-7-4-6-28(23-29)30-9-10-35(54)48-37(30)55/h3-8,23-25,30H,9-22H2,1-2H3,(H,49,56)(H,48,54,55)(H,44,45,46,47)/q-1. The zero-order valence-corrected chi connectivity index (χ0v) is 36.3. The molecule has 4 fully saturated rings. The maximum absolute atomic E-state index is 13.6. The SMILES string of the molecule is Cc1nc(Nc2ncc(C(=O)Nc3c(C)cccc3Cl)s2)cc(N2CCN([I-]C(=O)N3CCC4(CC3)CCN(c3cccc(C5CCC(=O)NC5=O)c3)CC4)CC2)n1. The number of anilines is 5. The number of aryl methyl sites for hydroxylation is 2. The van der Waals surface area contributed by atoms with Crippen molar-refractivity contribution in [2.24, 2.45) is 5.41 Å². The molecule has 58 heavy (non-hydrogen) atoms. The van der Waals surface area contributed by atoms with Gasteiger partial charge in [0.2, 0.25) is 11.8 Å². The number of piperazine rings is 1. The Kier molecular flexibility index (Phi) is 12.2. The van der Waals surface area contributed by atoms with Gasteiger partial charge in [0.05, 0.1) is 10.7 Å². The van der Waals surface area contributed by atoms with E-state index in [1.165, 1.54) is 17.5 Å². The van der Waals surface area contributed by atoms with E-state index in [4.69, 9.17) is 16.6 Å². The van der Waals surface area contributed by atoms with Crippen LogP contribution in [-0.2, 0) is 9.59 Å². The molecule has 17 heteroatoms. The Bertz CT molecular complexity index is 2180. The first-order valence-electron chi connectivity index (χ1n) is 19.8. The third-order valence-corrected chi connectivity index (χ3v) is 15.7. The number of thiazole rings is 1. The van der Waals surface area contributed by atoms with Crippen molar-refractivity contribution in [3.05, 3.63) is 81.6 Å². The number of nitrogens with zero attached hydrogens (tertiary/aromatic N) is 7. The summed E-state index contributed by atoms with van der Waals surface area (Å²) in [5.41, 5.74) is 3.85. The van der Waals surface area contributed by atoms with Gasteiger partial charge in [-0.3, -0.25) is 19.7 Å². The van der Waals surface area contributed by atoms with Crippen LogP contribution in [0.25, 0.3) is 0 Å². The number of piperidine rings is 3. The van der Waals surface area contributed by atoms with Gasteiger partial charge in [0.1, 0.15) is 0 Å². The molecule has 0 radical (unpaired) electrons. The van der Waals surface area contributed by atoms with Crippen molar-refractivity contribution in [3.8, 4) is 0 Å². The van der Waals surface area contributed by atoms with E-state index in [9.17, 15) is 19.2 Å². The Hall–Kier alpha value is -4.39. The average molecular weight is 938 g/mol. The quantitative estimate of drug-likeness (QED) is 0.0745. The van der Waals surface area contributed by atoms with Gasteiger partial charge in [0, 0.05) is 6.42 Å². The summed E-state index contributed by atoms with van der Waals surface area (Å²) in [7, 11) is 0. The number of hydrogen-bond donors (Lipinski definition) is 3. The molecule has 2 aromatic carbocycles. The molecule has 8 rings (SSSR count). The van der Waals surface area contributed by atoms with Crippen LogP contribution in [0.5, 0.6) is 0 Å². The van der Waals surface area contributed by atoms with E-state index in [-0.39, 0.29) is 29.1 Å². The molecular formula is C41H47ClIN10O4S-. The summed E-state index contributed by atoms with van der Waals surface area (Å²) < 4.78 is 2.66. The fraction of sp³-hybridized carbons (Fsp3) is 0.439. The van der Waals surface area contributed by atoms with Gasteiger partial charge in [-0.2, -0.15) is 0 Å². The van der Waals surface area contributed by atoms with Crippen LogP contribution < -0.4 is 47.2 Å². The summed E-state index contributed by atoms with van der Waals surface area (Å²) >= 11 is 6.75. The Morgan fingerprint density at radius 2 is 1.66 bits per heavy atom. The molecule has 0 saturated carbocycles. The normalized spacial score (nSPS) is 20.0. The molecule has 14 nitrogen and oxygen atoms in total. The maximum atomic E-state index is 13.6. The van der Waals surface area contributed by atoms with E-state index in [1.54, 1.807) is 6.07 Å². The van der Waals surface area contributed by atoms with Gasteiger partial charge in [0.25, 0.3) is 0 Å². The van der Waals surface area contributed by atoms with Crippen molar-refractivity contribution in [2.45, 2.75) is 58.3 Å². The molecule has 3 N–H and O–H groups in total. The number of carbonyl (C=O) groups excluding carboxylic acids is 4. The van der Waals surface area contributed by atoms with Gasteiger partial charge in [-0.1, -0.05) is 23.7 Å². The van der Waals surface area contributed by atoms with Crippen LogP contribution >= 0.6 is 22.9 Å². The van der Waals surface area contributed by atoms with Crippen LogP contribution in [0.1, 0.15) is 71.1 Å². The van der Waals surface area contributed by atoms with Gasteiger partial charge in [0.15, 0.2) is 0 Å². The second kappa shape index (κ2) is 17.5. The number of imide groups is 1. The monoisotopic (exact) mass is 937 g/mol. The summed E-state index contributed by atoms with van der Waals surface area (Å²) in [4.78, 5) is 71.5. The van der Waals surface area contributed by atoms with Crippen LogP contribution in [0, 0.1) is 19.3 Å². The molecular weight excluding hydrogens is 891 g/mol. The predicted octanol–water partition coefficient (Wildman–Crippen LogP) is 3.35. The Morgan fingerprint density at radius 3 is 2.40 bits per heavy atom. The van der Waals surface area contributed by atoms with E-state index in [2.05, 4.69) is 55.9 Å². The molecule has 4 saturated heterocycles. The second-order valence-electron chi connectivity index (χ2n) is 15.5. The molecule has 6 heterocycles. The summed E-state index contributed by atoms with van der Waals surface area (Å²) in [6.45, 7) is 10.5. The molecule has 2 aromatic heterocycles. The Morgan fingerprint density at radius 1 is 0.914 bits per heavy atom. The summed E-state index contributed by atoms with van der Waals surface area (Å²) in [6.07, 6.45) is 6.75. The van der Waals surface area contributed by atoms with Crippen molar-refractivity contribution < 1.29 is 40.7 Å². The van der Waals surface area contributed by atoms with Gasteiger partial charge in [-0.05, 0) is 25.0 Å². The molecule has 4 aromatic rings. The van der Waals surface area contributed by atoms with E-state index in [0.717, 1.165) is 101 Å². The number of halogens is 2. The molecule has 4 aliphatic heterocycles. The number of aromatic nitrogens is 3. The first-order chi connectivity index (χ1) is 28.0. The third-order valence-electron chi connectivity index (χ3n) is 11.8. The van der Waals surface area contributed by atoms with Crippen LogP contribution in [0.4, 0.5) is 32.9 Å². The molecule has 0 bridgehead atoms. The third kappa shape index (κ3) is 9.24. The average Bonchev–Trinajstić information content (AvgIpc) is 3.68. The predicted molar refractivity (Wildman–Crippen MR) is 222 cm³/mol. The fourth-order valence-corrected chi connectivity index (χ4v) is 11.6. The number of para-hydroxylation sites is 1. The van der Waals surface area contributed by atoms with Gasteiger partial charge >= 0.3 is 257 Å². The van der Waals surface area contributed by atoms with E-state index in [0.29, 0.717) is 49.1 Å². The molecule has 0 aliphatic carbocycles. The number of likely N-dealkylation sites (tertiary alicyclic amines) is 1.